The second-order valence-corrected chi connectivity index (χ2v) is 23.8. The molecule has 13 N–H and O–H groups in total. The molecule has 2 unspecified atom stereocenters. The minimum Gasteiger partial charge on any atom is -0.393 e. The van der Waals surface area contributed by atoms with Crippen molar-refractivity contribution in [1.29, 1.82) is 0 Å². The Hall–Kier alpha value is -2.64. The zero-order valence-corrected chi connectivity index (χ0v) is 44.3. The smallest absolute Gasteiger partial charge is 0.393 e. The highest BCUT2D eigenvalue weighted by Crippen LogP contribution is 2.61. The van der Waals surface area contributed by atoms with Crippen molar-refractivity contribution >= 4 is 69.1 Å². The molecule has 13 atom stereocenters. The molecule has 29 nitrogen and oxygen atoms in total. The summed E-state index contributed by atoms with van der Waals surface area (Å²) < 4.78 is 73.8. The van der Waals surface area contributed by atoms with Crippen LogP contribution in [0.15, 0.2) is 12.7 Å². The maximum Gasteiger partial charge on any atom is 0.481 e. The number of phosphoric acid groups is 3. The number of nitrogen functional groups attached to an aromatic ring is 1. The molecule has 2 aliphatic heterocycles. The Morgan fingerprint density at radius 2 is 1.58 bits per heavy atom. The largest absolute Gasteiger partial charge is 0.481 e. The number of unbranched alkanes of at least 4 members (excludes halogenated alkanes) is 5. The van der Waals surface area contributed by atoms with E-state index in [0.29, 0.717) is 6.42 Å². The molecule has 2 aromatic rings. The van der Waals surface area contributed by atoms with E-state index in [1.54, 1.807) is 6.92 Å². The van der Waals surface area contributed by atoms with Crippen LogP contribution in [-0.4, -0.2) is 175 Å². The topological polar surface area (TPSA) is 443 Å². The van der Waals surface area contributed by atoms with Gasteiger partial charge in [0.25, 0.3) is 0 Å². The van der Waals surface area contributed by atoms with Gasteiger partial charge in [-0.15, -0.1) is 0 Å². The van der Waals surface area contributed by atoms with Gasteiger partial charge in [0.05, 0.1) is 44.0 Å². The van der Waals surface area contributed by atoms with Crippen molar-refractivity contribution in [2.45, 2.75) is 166 Å². The number of aromatic nitrogens is 4. The Kier molecular flexibility index (Phi) is 24.7. The predicted octanol–water partition coefficient (Wildman–Crippen LogP) is 0.798. The minimum absolute atomic E-state index is 0.0205. The molecule has 0 spiro atoms. The number of phosphoric ester groups is 3. The third kappa shape index (κ3) is 21.0. The summed E-state index contributed by atoms with van der Waals surface area (Å²) in [6, 6.07) is 0. The fraction of sp³-hybridized carbons (Fsp3) is 0.800. The van der Waals surface area contributed by atoms with Crippen molar-refractivity contribution < 1.29 is 105 Å². The first-order valence-corrected chi connectivity index (χ1v) is 29.0. The zero-order valence-electron chi connectivity index (χ0n) is 40.8. The second kappa shape index (κ2) is 28.7. The number of amides is 2. The van der Waals surface area contributed by atoms with E-state index < -0.39 is 115 Å². The lowest BCUT2D eigenvalue weighted by Crippen LogP contribution is -2.48. The number of anilines is 1. The molecule has 0 saturated carbocycles. The molecule has 73 heavy (non-hydrogen) atoms. The molecule has 0 bridgehead atoms. The monoisotopic (exact) mass is 1130 g/mol. The van der Waals surface area contributed by atoms with Crippen molar-refractivity contribution in [2.24, 2.45) is 5.41 Å². The normalized spacial score (nSPS) is 25.7. The molecular weight excluding hydrogens is 1060 g/mol. The van der Waals surface area contributed by atoms with Gasteiger partial charge in [0, 0.05) is 43.5 Å². The lowest BCUT2D eigenvalue weighted by atomic mass is 9.87. The molecule has 4 heterocycles. The Morgan fingerprint density at radius 3 is 2.26 bits per heavy atom. The average molecular weight is 1130 g/mol. The highest BCUT2D eigenvalue weighted by atomic mass is 32.2. The van der Waals surface area contributed by atoms with Gasteiger partial charge >= 0.3 is 23.5 Å². The van der Waals surface area contributed by atoms with Crippen molar-refractivity contribution in [3.8, 4) is 0 Å². The SMILES string of the molecule is C[C@H](CCCCCCCC[C@@H](O)CC(=O)SCCNC(=O)CCNC(=O)[C@H](O)C(C)(C)COP(=O)(O)OP(=O)(O)OC[C@H]1O[C@@H](n2cnc3c(N)ncnc32)[C@H](O)[C@@H]1OP(=O)(O)O)O[C@@H]1O[C@@H](C)[C@H](O)C[C@H]1O. The van der Waals surface area contributed by atoms with Gasteiger partial charge in [0.2, 0.25) is 11.8 Å². The maximum atomic E-state index is 12.8. The standard InChI is InChI=1S/C40H70N7O22P3S/c1-23(65-39-27(50)18-26(49)24(2)66-39)11-9-7-5-6-8-10-12-25(48)17-30(52)73-16-15-42-29(51)13-14-43-37(55)34(54)40(3,4)20-64-72(61,62)69-71(59,60)63-19-28-33(68-70(56,57)58)32(53)38(67-28)47-22-46-31-35(41)44-21-45-36(31)47/h21-28,32-34,38-39,48-50,53-54H,5-20H2,1-4H3,(H,42,51)(H,43,55)(H,59,60)(H,61,62)(H2,41,44,45)(H2,56,57,58)/t23-,24+,25-,26-,27-,28-,32-,33-,34+,38-,39-/m1/s1. The molecule has 0 aliphatic carbocycles. The molecule has 4 rings (SSSR count). The first kappa shape index (κ1) is 62.9. The summed E-state index contributed by atoms with van der Waals surface area (Å²) in [5, 5.41) is 56.5. The molecule has 33 heteroatoms. The fourth-order valence-corrected chi connectivity index (χ4v) is 11.1. The Labute approximate surface area is 425 Å². The van der Waals surface area contributed by atoms with E-state index >= 15 is 0 Å². The Balaban J connectivity index is 1.06. The lowest BCUT2D eigenvalue weighted by Gasteiger charge is -2.36. The lowest BCUT2D eigenvalue weighted by molar-refractivity contribution is -0.273. The summed E-state index contributed by atoms with van der Waals surface area (Å²) in [6.45, 7) is 3.97. The predicted molar refractivity (Wildman–Crippen MR) is 256 cm³/mol. The van der Waals surface area contributed by atoms with E-state index in [1.165, 1.54) is 13.8 Å². The maximum absolute atomic E-state index is 12.8. The number of ether oxygens (including phenoxy) is 3. The number of imidazole rings is 1. The summed E-state index contributed by atoms with van der Waals surface area (Å²) in [5.74, 6) is -1.31. The fourth-order valence-electron chi connectivity index (χ4n) is 7.53. The van der Waals surface area contributed by atoms with Gasteiger partial charge in [0.1, 0.15) is 42.4 Å². The van der Waals surface area contributed by atoms with Crippen LogP contribution in [0.25, 0.3) is 11.2 Å². The highest BCUT2D eigenvalue weighted by Gasteiger charge is 2.50. The number of aliphatic hydroxyl groups is 5. The van der Waals surface area contributed by atoms with Gasteiger partial charge < -0.3 is 75.7 Å². The van der Waals surface area contributed by atoms with E-state index in [0.717, 1.165) is 73.9 Å². The third-order valence-electron chi connectivity index (χ3n) is 11.6. The van der Waals surface area contributed by atoms with E-state index in [4.69, 9.17) is 29.0 Å². The van der Waals surface area contributed by atoms with Crippen LogP contribution in [0, 0.1) is 5.41 Å². The van der Waals surface area contributed by atoms with Crippen LogP contribution in [0.5, 0.6) is 0 Å². The van der Waals surface area contributed by atoms with Crippen molar-refractivity contribution in [3.05, 3.63) is 12.7 Å². The number of nitrogens with zero attached hydrogens (tertiary/aromatic N) is 4. The number of nitrogens with two attached hydrogens (primary N) is 1. The van der Waals surface area contributed by atoms with Crippen LogP contribution < -0.4 is 16.4 Å². The number of hydrogen-bond donors (Lipinski definition) is 12. The van der Waals surface area contributed by atoms with E-state index in [1.807, 2.05) is 6.92 Å². The molecule has 0 radical (unpaired) electrons. The molecule has 418 valence electrons. The van der Waals surface area contributed by atoms with Crippen molar-refractivity contribution in [3.63, 3.8) is 0 Å². The Bertz CT molecular complexity index is 2250. The summed E-state index contributed by atoms with van der Waals surface area (Å²) in [4.78, 5) is 88.6. The van der Waals surface area contributed by atoms with Gasteiger partial charge in [-0.2, -0.15) is 4.31 Å². The third-order valence-corrected chi connectivity index (χ3v) is 15.6. The summed E-state index contributed by atoms with van der Waals surface area (Å²) >= 11 is 0.962. The molecule has 2 aromatic heterocycles. The minimum atomic E-state index is -5.60. The number of rotatable bonds is 32. The van der Waals surface area contributed by atoms with Crippen LogP contribution >= 0.6 is 35.2 Å². The van der Waals surface area contributed by atoms with Crippen LogP contribution in [-0.2, 0) is 60.2 Å². The summed E-state index contributed by atoms with van der Waals surface area (Å²) in [7, 11) is -16.5. The summed E-state index contributed by atoms with van der Waals surface area (Å²) in [6.07, 6.45) is -3.61. The molecule has 0 aromatic carbocycles. The number of carbonyl (C=O) groups is 3. The van der Waals surface area contributed by atoms with E-state index in [2.05, 4.69) is 34.4 Å². The quantitative estimate of drug-likeness (QED) is 0.0356. The number of nitrogens with one attached hydrogen (secondary N) is 2. The first-order valence-electron chi connectivity index (χ1n) is 23.5. The average Bonchev–Trinajstić information content (AvgIpc) is 3.85. The molecule has 2 fully saturated rings. The second-order valence-electron chi connectivity index (χ2n) is 18.4. The highest BCUT2D eigenvalue weighted by molar-refractivity contribution is 8.13. The number of aliphatic hydroxyl groups excluding tert-OH is 5. The Morgan fingerprint density at radius 1 is 0.918 bits per heavy atom. The van der Waals surface area contributed by atoms with E-state index in [9.17, 15) is 73.2 Å². The number of thioether (sulfide) groups is 1. The number of carbonyl (C=O) groups excluding carboxylic acids is 3. The van der Waals surface area contributed by atoms with Crippen molar-refractivity contribution in [1.82, 2.24) is 30.2 Å². The van der Waals surface area contributed by atoms with Crippen LogP contribution in [0.4, 0.5) is 5.82 Å². The van der Waals surface area contributed by atoms with Gasteiger partial charge in [-0.3, -0.25) is 32.5 Å². The number of hydrogen-bond acceptors (Lipinski definition) is 23. The van der Waals surface area contributed by atoms with Gasteiger partial charge in [-0.05, 0) is 26.7 Å². The van der Waals surface area contributed by atoms with Crippen molar-refractivity contribution in [2.75, 3.05) is 37.8 Å². The van der Waals surface area contributed by atoms with Gasteiger partial charge in [0.15, 0.2) is 29.1 Å². The van der Waals surface area contributed by atoms with Crippen LogP contribution in [0.2, 0.25) is 0 Å². The van der Waals surface area contributed by atoms with Gasteiger partial charge in [-0.25, -0.2) is 28.6 Å². The van der Waals surface area contributed by atoms with Crippen LogP contribution in [0.3, 0.4) is 0 Å². The van der Waals surface area contributed by atoms with Gasteiger partial charge in [-0.1, -0.05) is 64.1 Å². The summed E-state index contributed by atoms with van der Waals surface area (Å²) in [5.41, 5.74) is 4.22. The van der Waals surface area contributed by atoms with Crippen LogP contribution in [0.1, 0.15) is 105 Å². The molecule has 2 amide bonds. The first-order chi connectivity index (χ1) is 34.1. The molecule has 2 aliphatic rings. The molecular formula is C40H70N7O22P3S. The van der Waals surface area contributed by atoms with E-state index in [-0.39, 0.29) is 66.3 Å². The number of fused-ring (bicyclic) bond motifs is 1. The zero-order chi connectivity index (χ0) is 54.3. The molecule has 2 saturated heterocycles.